The Bertz CT molecular complexity index is 998. The van der Waals surface area contributed by atoms with Gasteiger partial charge in [-0.1, -0.05) is 34.1 Å². The summed E-state index contributed by atoms with van der Waals surface area (Å²) in [5, 5.41) is 4.83. The molecule has 0 bridgehead atoms. The van der Waals surface area contributed by atoms with Gasteiger partial charge in [0, 0.05) is 38.9 Å². The molecule has 0 saturated carbocycles. The Morgan fingerprint density at radius 3 is 2.76 bits per heavy atom. The van der Waals surface area contributed by atoms with Gasteiger partial charge in [-0.05, 0) is 42.5 Å². The normalized spacial score (nSPS) is 24.1. The maximum atomic E-state index is 13.6. The van der Waals surface area contributed by atoms with Gasteiger partial charge in [0.1, 0.15) is 5.92 Å². The van der Waals surface area contributed by atoms with E-state index < -0.39 is 11.9 Å². The Labute approximate surface area is 181 Å². The van der Waals surface area contributed by atoms with E-state index in [9.17, 15) is 14.4 Å². The zero-order valence-corrected chi connectivity index (χ0v) is 18.2. The molecule has 0 unspecified atom stereocenters. The van der Waals surface area contributed by atoms with Gasteiger partial charge in [0.2, 0.25) is 5.91 Å². The third-order valence-corrected chi connectivity index (χ3v) is 6.93. The summed E-state index contributed by atoms with van der Waals surface area (Å²) in [6.07, 6.45) is 0.613. The maximum Gasteiger partial charge on any atom is 0.317 e. The minimum atomic E-state index is -0.892. The third-order valence-electron chi connectivity index (χ3n) is 5.43. The summed E-state index contributed by atoms with van der Waals surface area (Å²) >= 11 is 4.97. The first-order valence-corrected chi connectivity index (χ1v) is 11.2. The molecule has 1 aliphatic heterocycles. The van der Waals surface area contributed by atoms with Gasteiger partial charge in [-0.25, -0.2) is 0 Å². The van der Waals surface area contributed by atoms with Crippen LogP contribution < -0.4 is 5.32 Å². The Morgan fingerprint density at radius 2 is 2.07 bits per heavy atom. The van der Waals surface area contributed by atoms with E-state index in [2.05, 4.69) is 21.2 Å². The highest BCUT2D eigenvalue weighted by molar-refractivity contribution is 9.10. The summed E-state index contributed by atoms with van der Waals surface area (Å²) in [6.45, 7) is 1.96. The van der Waals surface area contributed by atoms with Crippen LogP contribution in [0.3, 0.4) is 0 Å². The van der Waals surface area contributed by atoms with Crippen LogP contribution in [0, 0.1) is 5.92 Å². The molecule has 0 spiro atoms. The molecule has 0 saturated heterocycles. The number of Topliss-reactive ketones (excluding diaryl/α,β-unsaturated/α-hetero) is 1. The van der Waals surface area contributed by atoms with E-state index in [4.69, 9.17) is 4.74 Å². The number of esters is 1. The van der Waals surface area contributed by atoms with Gasteiger partial charge in [0.05, 0.1) is 6.61 Å². The fourth-order valence-electron chi connectivity index (χ4n) is 4.23. The van der Waals surface area contributed by atoms with Crippen LogP contribution in [-0.2, 0) is 19.1 Å². The Kier molecular flexibility index (Phi) is 5.69. The first-order valence-electron chi connectivity index (χ1n) is 9.52. The summed E-state index contributed by atoms with van der Waals surface area (Å²) < 4.78 is 6.15. The minimum Gasteiger partial charge on any atom is -0.465 e. The summed E-state index contributed by atoms with van der Waals surface area (Å²) in [5.41, 5.74) is 2.05. The van der Waals surface area contributed by atoms with Crippen molar-refractivity contribution in [2.45, 2.75) is 31.6 Å². The number of carbonyl (C=O) groups is 3. The number of hydrogen-bond donors (Lipinski definition) is 1. The topological polar surface area (TPSA) is 72.5 Å². The summed E-state index contributed by atoms with van der Waals surface area (Å²) in [6, 6.07) is 11.5. The molecular weight excluding hydrogens is 454 g/mol. The van der Waals surface area contributed by atoms with Crippen molar-refractivity contribution in [1.29, 1.82) is 0 Å². The summed E-state index contributed by atoms with van der Waals surface area (Å²) in [5.74, 6) is -2.44. The second-order valence-corrected chi connectivity index (χ2v) is 9.07. The number of benzene rings is 1. The van der Waals surface area contributed by atoms with E-state index >= 15 is 0 Å². The SMILES string of the molecule is CCOC(=O)[C@H]1C(=O)C2=C(C[C@@H]1c1cccs1)NC(=O)C[C@@H]2c1cccc(Br)c1. The molecule has 0 radical (unpaired) electrons. The molecule has 1 amide bonds. The van der Waals surface area contributed by atoms with E-state index in [0.717, 1.165) is 14.9 Å². The van der Waals surface area contributed by atoms with Gasteiger partial charge >= 0.3 is 5.97 Å². The fourth-order valence-corrected chi connectivity index (χ4v) is 5.51. The molecule has 1 N–H and O–H groups in total. The molecule has 1 aromatic heterocycles. The molecule has 4 rings (SSSR count). The van der Waals surface area contributed by atoms with Gasteiger partial charge in [-0.15, -0.1) is 11.3 Å². The van der Waals surface area contributed by atoms with Crippen LogP contribution in [0.5, 0.6) is 0 Å². The Hall–Kier alpha value is -2.25. The van der Waals surface area contributed by atoms with Crippen LogP contribution in [0.1, 0.15) is 42.0 Å². The van der Waals surface area contributed by atoms with Crippen LogP contribution in [0.4, 0.5) is 0 Å². The van der Waals surface area contributed by atoms with E-state index in [1.54, 1.807) is 6.92 Å². The lowest BCUT2D eigenvalue weighted by molar-refractivity contribution is -0.152. The zero-order valence-electron chi connectivity index (χ0n) is 15.8. The first-order chi connectivity index (χ1) is 14.0. The lowest BCUT2D eigenvalue weighted by Crippen LogP contribution is -2.44. The van der Waals surface area contributed by atoms with Gasteiger partial charge in [-0.2, -0.15) is 0 Å². The lowest BCUT2D eigenvalue weighted by Gasteiger charge is -2.37. The zero-order chi connectivity index (χ0) is 20.5. The van der Waals surface area contributed by atoms with Crippen LogP contribution in [0.2, 0.25) is 0 Å². The van der Waals surface area contributed by atoms with Crippen LogP contribution >= 0.6 is 27.3 Å². The minimum absolute atomic E-state index is 0.110. The molecular formula is C22H20BrNO4S. The van der Waals surface area contributed by atoms with Crippen molar-refractivity contribution in [2.75, 3.05) is 6.61 Å². The van der Waals surface area contributed by atoms with Crippen LogP contribution in [0.25, 0.3) is 0 Å². The highest BCUT2D eigenvalue weighted by Gasteiger charge is 2.47. The fraction of sp³-hybridized carbons (Fsp3) is 0.318. The highest BCUT2D eigenvalue weighted by atomic mass is 79.9. The lowest BCUT2D eigenvalue weighted by atomic mass is 9.69. The first kappa shape index (κ1) is 20.0. The van der Waals surface area contributed by atoms with Crippen molar-refractivity contribution in [1.82, 2.24) is 5.32 Å². The molecule has 0 fully saturated rings. The molecule has 3 atom stereocenters. The number of thiophene rings is 1. The third kappa shape index (κ3) is 3.81. The number of carbonyl (C=O) groups excluding carboxylic acids is 3. The molecule has 5 nitrogen and oxygen atoms in total. The van der Waals surface area contributed by atoms with Gasteiger partial charge < -0.3 is 10.1 Å². The van der Waals surface area contributed by atoms with Crippen LogP contribution in [-0.4, -0.2) is 24.3 Å². The van der Waals surface area contributed by atoms with E-state index in [-0.39, 0.29) is 36.6 Å². The average Bonchev–Trinajstić information content (AvgIpc) is 3.21. The Balaban J connectivity index is 1.82. The monoisotopic (exact) mass is 473 g/mol. The van der Waals surface area contributed by atoms with E-state index in [0.29, 0.717) is 17.7 Å². The number of rotatable bonds is 4. The van der Waals surface area contributed by atoms with E-state index in [1.807, 2.05) is 41.8 Å². The van der Waals surface area contributed by atoms with Crippen LogP contribution in [0.15, 0.2) is 57.5 Å². The van der Waals surface area contributed by atoms with Crippen molar-refractivity contribution in [2.24, 2.45) is 5.92 Å². The Morgan fingerprint density at radius 1 is 1.24 bits per heavy atom. The van der Waals surface area contributed by atoms with Crippen molar-refractivity contribution in [3.05, 3.63) is 68.0 Å². The maximum absolute atomic E-state index is 13.6. The number of amides is 1. The second-order valence-electron chi connectivity index (χ2n) is 7.17. The number of ketones is 1. The average molecular weight is 474 g/mol. The predicted molar refractivity (Wildman–Crippen MR) is 113 cm³/mol. The molecule has 1 aromatic carbocycles. The van der Waals surface area contributed by atoms with Gasteiger partial charge in [0.15, 0.2) is 5.78 Å². The molecule has 2 aromatic rings. The summed E-state index contributed by atoms with van der Waals surface area (Å²) in [7, 11) is 0. The number of halogens is 1. The summed E-state index contributed by atoms with van der Waals surface area (Å²) in [4.78, 5) is 39.8. The molecule has 2 aliphatic rings. The van der Waals surface area contributed by atoms with Crippen molar-refractivity contribution in [3.63, 3.8) is 0 Å². The number of ether oxygens (including phenoxy) is 1. The molecule has 7 heteroatoms. The standard InChI is InChI=1S/C22H20BrNO4S/c1-2-28-22(27)20-15(17-7-4-8-29-17)10-16-19(21(20)26)14(11-18(25)24-16)12-5-3-6-13(23)9-12/h3-9,14-15,20H,2,10-11H2,1H3,(H,24,25)/t14-,15-,20-/m1/s1. The van der Waals surface area contributed by atoms with Crippen molar-refractivity contribution < 1.29 is 19.1 Å². The largest absolute Gasteiger partial charge is 0.465 e. The highest BCUT2D eigenvalue weighted by Crippen LogP contribution is 2.46. The predicted octanol–water partition coefficient (Wildman–Crippen LogP) is 4.30. The van der Waals surface area contributed by atoms with Gasteiger partial charge in [0.25, 0.3) is 0 Å². The molecule has 150 valence electrons. The number of nitrogens with one attached hydrogen (secondary N) is 1. The number of hydrogen-bond acceptors (Lipinski definition) is 5. The number of allylic oxidation sites excluding steroid dienone is 2. The molecule has 2 heterocycles. The molecule has 1 aliphatic carbocycles. The quantitative estimate of drug-likeness (QED) is 0.530. The van der Waals surface area contributed by atoms with Gasteiger partial charge in [-0.3, -0.25) is 14.4 Å². The smallest absolute Gasteiger partial charge is 0.317 e. The van der Waals surface area contributed by atoms with Crippen molar-refractivity contribution in [3.8, 4) is 0 Å². The second kappa shape index (κ2) is 8.24. The van der Waals surface area contributed by atoms with E-state index in [1.165, 1.54) is 11.3 Å². The van der Waals surface area contributed by atoms with Crippen molar-refractivity contribution >= 4 is 44.9 Å². The molecule has 29 heavy (non-hydrogen) atoms.